The molecule has 0 nitrogen and oxygen atoms in total. The topological polar surface area (TPSA) is 0 Å². The molecule has 25 aromatic carbocycles. The van der Waals surface area contributed by atoms with Crippen molar-refractivity contribution in [3.8, 4) is 167 Å². The summed E-state index contributed by atoms with van der Waals surface area (Å²) >= 11 is 0. The van der Waals surface area contributed by atoms with E-state index in [4.69, 9.17) is 0 Å². The van der Waals surface area contributed by atoms with Crippen LogP contribution in [0.4, 0.5) is 0 Å². The number of fused-ring (bicyclic) bond motifs is 17. The highest BCUT2D eigenvalue weighted by Gasteiger charge is 2.27. The quantitative estimate of drug-likeness (QED) is 0.126. The molecule has 25 aromatic rings. The fourth-order valence-corrected chi connectivity index (χ4v) is 21.7. The van der Waals surface area contributed by atoms with Gasteiger partial charge in [0, 0.05) is 0 Å². The highest BCUT2D eigenvalue weighted by atomic mass is 14.3. The summed E-state index contributed by atoms with van der Waals surface area (Å²) in [4.78, 5) is 0. The fourth-order valence-electron chi connectivity index (χ4n) is 21.7. The maximum atomic E-state index is 2.35. The molecule has 0 fully saturated rings. The molecule has 0 atom stereocenters. The Morgan fingerprint density at radius 2 is 0.292 bits per heavy atom. The molecule has 0 aromatic heterocycles. The molecular formula is C130H80. The number of hydrogen-bond acceptors (Lipinski definition) is 0. The van der Waals surface area contributed by atoms with Crippen LogP contribution in [-0.2, 0) is 0 Å². The molecule has 0 saturated carbocycles. The van der Waals surface area contributed by atoms with Gasteiger partial charge >= 0.3 is 0 Å². The van der Waals surface area contributed by atoms with Crippen LogP contribution in [0.25, 0.3) is 275 Å². The minimum atomic E-state index is 1.23. The Morgan fingerprint density at radius 3 is 0.700 bits per heavy atom. The van der Waals surface area contributed by atoms with E-state index < -0.39 is 0 Å². The van der Waals surface area contributed by atoms with Crippen molar-refractivity contribution in [1.82, 2.24) is 0 Å². The third-order valence-corrected chi connectivity index (χ3v) is 27.9. The average molecular weight is 1640 g/mol. The Kier molecular flexibility index (Phi) is 17.5. The van der Waals surface area contributed by atoms with E-state index in [0.717, 1.165) is 0 Å². The second-order valence-corrected chi connectivity index (χ2v) is 35.2. The first-order chi connectivity index (χ1) is 64.4. The summed E-state index contributed by atoms with van der Waals surface area (Å²) < 4.78 is 0. The molecular weight excluding hydrogens is 1560 g/mol. The summed E-state index contributed by atoms with van der Waals surface area (Å²) in [5.41, 5.74) is 38.6. The molecule has 130 heavy (non-hydrogen) atoms. The van der Waals surface area contributed by atoms with Gasteiger partial charge in [-0.1, -0.05) is 419 Å². The first kappa shape index (κ1) is 74.5. The van der Waals surface area contributed by atoms with Gasteiger partial charge in [-0.15, -0.1) is 0 Å². The van der Waals surface area contributed by atoms with Crippen molar-refractivity contribution in [2.45, 2.75) is 0 Å². The van der Waals surface area contributed by atoms with Crippen LogP contribution < -0.4 is 0 Å². The van der Waals surface area contributed by atoms with Gasteiger partial charge in [0.05, 0.1) is 0 Å². The van der Waals surface area contributed by atoms with Crippen LogP contribution >= 0.6 is 0 Å². The number of benzene rings is 25. The van der Waals surface area contributed by atoms with E-state index in [-0.39, 0.29) is 0 Å². The van der Waals surface area contributed by atoms with Crippen molar-refractivity contribution >= 4 is 108 Å². The van der Waals surface area contributed by atoms with Gasteiger partial charge in [-0.25, -0.2) is 0 Å². The van der Waals surface area contributed by atoms with E-state index in [1.807, 2.05) is 0 Å². The van der Waals surface area contributed by atoms with Crippen molar-refractivity contribution in [2.24, 2.45) is 0 Å². The highest BCUT2D eigenvalue weighted by molar-refractivity contribution is 6.22. The van der Waals surface area contributed by atoms with Crippen LogP contribution in [0.5, 0.6) is 0 Å². The van der Waals surface area contributed by atoms with Crippen LogP contribution in [0, 0.1) is 0 Å². The third kappa shape index (κ3) is 12.5. The normalized spacial score (nSPS) is 11.8. The highest BCUT2D eigenvalue weighted by Crippen LogP contribution is 2.54. The van der Waals surface area contributed by atoms with Crippen molar-refractivity contribution in [1.29, 1.82) is 0 Å². The van der Waals surface area contributed by atoms with Gasteiger partial charge in [0.1, 0.15) is 0 Å². The molecule has 3 aliphatic rings. The predicted octanol–water partition coefficient (Wildman–Crippen LogP) is 36.5. The summed E-state index contributed by atoms with van der Waals surface area (Å²) in [5, 5.41) is 25.9. The van der Waals surface area contributed by atoms with Crippen LogP contribution in [0.3, 0.4) is 0 Å². The summed E-state index contributed by atoms with van der Waals surface area (Å²) in [6.07, 6.45) is 0. The zero-order chi connectivity index (χ0) is 85.4. The molecule has 3 aliphatic carbocycles. The third-order valence-electron chi connectivity index (χ3n) is 27.9. The Morgan fingerprint density at radius 1 is 0.0769 bits per heavy atom. The van der Waals surface area contributed by atoms with Gasteiger partial charge in [-0.2, -0.15) is 0 Å². The van der Waals surface area contributed by atoms with Crippen LogP contribution in [0.1, 0.15) is 0 Å². The molecule has 0 aliphatic heterocycles. The molecule has 0 amide bonds. The van der Waals surface area contributed by atoms with Crippen molar-refractivity contribution in [3.63, 3.8) is 0 Å². The van der Waals surface area contributed by atoms with E-state index >= 15 is 0 Å². The first-order valence-electron chi connectivity index (χ1n) is 45.2. The largest absolute Gasteiger partial charge is 0.0616 e. The fraction of sp³-hybridized carbons (Fsp3) is 0. The molecule has 600 valence electrons. The van der Waals surface area contributed by atoms with Gasteiger partial charge in [-0.3, -0.25) is 0 Å². The van der Waals surface area contributed by atoms with Crippen LogP contribution in [0.15, 0.2) is 485 Å². The van der Waals surface area contributed by atoms with E-state index in [1.165, 1.54) is 275 Å². The first-order valence-corrected chi connectivity index (χ1v) is 45.2. The maximum absolute atomic E-state index is 2.35. The Bertz CT molecular complexity index is 8960. The molecule has 0 saturated heterocycles. The summed E-state index contributed by atoms with van der Waals surface area (Å²) in [7, 11) is 0. The van der Waals surface area contributed by atoms with Gasteiger partial charge in [0.25, 0.3) is 0 Å². The second-order valence-electron chi connectivity index (χ2n) is 35.2. The molecule has 0 heteroatoms. The van der Waals surface area contributed by atoms with E-state index in [1.54, 1.807) is 0 Å². The number of hydrogen-bond donors (Lipinski definition) is 0. The molecule has 0 unspecified atom stereocenters. The van der Waals surface area contributed by atoms with E-state index in [9.17, 15) is 0 Å². The van der Waals surface area contributed by atoms with Gasteiger partial charge < -0.3 is 0 Å². The van der Waals surface area contributed by atoms with E-state index in [0.29, 0.717) is 0 Å². The lowest BCUT2D eigenvalue weighted by Gasteiger charge is -2.13. The molecule has 0 spiro atoms. The Hall–Kier alpha value is -16.9. The van der Waals surface area contributed by atoms with Crippen LogP contribution in [-0.4, -0.2) is 0 Å². The lowest BCUT2D eigenvalue weighted by Crippen LogP contribution is -1.86. The smallest absolute Gasteiger partial charge is 0.00201 e. The Labute approximate surface area is 754 Å². The summed E-state index contributed by atoms with van der Waals surface area (Å²) in [6, 6.07) is 179. The van der Waals surface area contributed by atoms with Crippen molar-refractivity contribution in [3.05, 3.63) is 485 Å². The second kappa shape index (κ2) is 30.5. The molecule has 0 radical (unpaired) electrons. The lowest BCUT2D eigenvalue weighted by molar-refractivity contribution is 1.62. The molecule has 28 rings (SSSR count). The van der Waals surface area contributed by atoms with Crippen molar-refractivity contribution in [2.75, 3.05) is 0 Å². The zero-order valence-corrected chi connectivity index (χ0v) is 71.2. The average Bonchev–Trinajstić information content (AvgIpc) is 1.58. The van der Waals surface area contributed by atoms with Crippen LogP contribution in [0.2, 0.25) is 0 Å². The standard InChI is InChI=1S/C46H28.2C42H26/c1-2-12-36-34(9-1)28-45(41-16-6-3-13-38(36)41)35-22-21-31-25-30(19-20-32(31)27-35)29-10-7-11-33(26-29)37-23-24-44-40-15-5-4-14-39(40)43-18-8-17-42(37)46(43)44;1-2-12-34-27(8-1)9-6-15-35(34)33-21-20-30-24-29(18-19-31(30)26-33)28-10-5-11-32(25-28)36-22-23-41-38-14-4-3-13-37(38)40-17-7-16-39(36)42(40)41;1-2-8-28-23-31(16-15-27(28)7-1)33-20-19-32-24-30(17-18-34(32)25-33)29-9-5-10-35(26-29)36-21-22-41-38-12-4-3-11-37(38)40-14-6-13-39(36)42(40)41/h1-28H;2*1-26H. The minimum Gasteiger partial charge on any atom is -0.0616 e. The lowest BCUT2D eigenvalue weighted by atomic mass is 9.91. The van der Waals surface area contributed by atoms with Crippen molar-refractivity contribution < 1.29 is 0 Å². The number of rotatable bonds is 9. The van der Waals surface area contributed by atoms with Gasteiger partial charge in [-0.05, 0) is 341 Å². The molecule has 0 bridgehead atoms. The summed E-state index contributed by atoms with van der Waals surface area (Å²) in [6.45, 7) is 0. The minimum absolute atomic E-state index is 1.23. The predicted molar refractivity (Wildman–Crippen MR) is 557 cm³/mol. The SMILES string of the molecule is c1cc(-c2ccc3cc(-c4cc5ccccc5c5ccccc45)ccc3c2)cc(-c2ccc3c4c(cccc24)-c2ccccc2-3)c1.c1cc(-c2ccc3cc(-c4ccc5ccccc5c4)ccc3c2)cc(-c2ccc3c4c(cccc24)-c2ccccc2-3)c1.c1cc(-c2ccc3cc(-c4cccc5ccccc45)ccc3c2)cc(-c2ccc3c4c(cccc24)-c2ccccc2-3)c1. The monoisotopic (exact) mass is 1640 g/mol. The zero-order valence-electron chi connectivity index (χ0n) is 71.2. The van der Waals surface area contributed by atoms with Gasteiger partial charge in [0.2, 0.25) is 0 Å². The Balaban J connectivity index is 0.000000103. The van der Waals surface area contributed by atoms with Gasteiger partial charge in [0.15, 0.2) is 0 Å². The molecule has 0 N–H and O–H groups in total. The summed E-state index contributed by atoms with van der Waals surface area (Å²) in [5.74, 6) is 0. The van der Waals surface area contributed by atoms with E-state index in [2.05, 4.69) is 485 Å². The molecule has 0 heterocycles. The maximum Gasteiger partial charge on any atom is -0.00201 e.